The van der Waals surface area contributed by atoms with Crippen LogP contribution in [0.3, 0.4) is 0 Å². The summed E-state index contributed by atoms with van der Waals surface area (Å²) in [6.45, 7) is 0. The number of benzene rings is 1. The molecule has 1 heteroatoms. The molecule has 0 heterocycles. The monoisotopic (exact) mass is 160 g/mol. The highest BCUT2D eigenvalue weighted by Gasteiger charge is 2.01. The Morgan fingerprint density at radius 1 is 1.33 bits per heavy atom. The lowest BCUT2D eigenvalue weighted by Gasteiger charge is -2.07. The average Bonchev–Trinajstić information content (AvgIpc) is 2.17. The highest BCUT2D eigenvalue weighted by atomic mass is 16.2. The maximum Gasteiger partial charge on any atom is 0.0870 e. The SMILES string of the molecule is O/C=c1\cccc2c1=CCCC2. The molecule has 0 atom stereocenters. The van der Waals surface area contributed by atoms with E-state index in [4.69, 9.17) is 5.11 Å². The van der Waals surface area contributed by atoms with Crippen LogP contribution < -0.4 is 10.4 Å². The lowest BCUT2D eigenvalue weighted by Crippen LogP contribution is -2.30. The molecule has 1 aromatic carbocycles. The molecule has 0 fully saturated rings. The molecule has 0 saturated carbocycles. The van der Waals surface area contributed by atoms with Gasteiger partial charge in [-0.05, 0) is 30.0 Å². The molecule has 0 amide bonds. The van der Waals surface area contributed by atoms with E-state index in [0.29, 0.717) is 0 Å². The molecule has 0 saturated heterocycles. The molecule has 0 spiro atoms. The third-order valence-corrected chi connectivity index (χ3v) is 2.37. The van der Waals surface area contributed by atoms with E-state index < -0.39 is 0 Å². The molecular weight excluding hydrogens is 148 g/mol. The molecule has 0 unspecified atom stereocenters. The fourth-order valence-electron chi connectivity index (χ4n) is 1.75. The van der Waals surface area contributed by atoms with Crippen LogP contribution in [-0.4, -0.2) is 5.11 Å². The van der Waals surface area contributed by atoms with Crippen molar-refractivity contribution < 1.29 is 5.11 Å². The summed E-state index contributed by atoms with van der Waals surface area (Å²) in [5.41, 5.74) is 1.36. The van der Waals surface area contributed by atoms with Crippen molar-refractivity contribution in [3.05, 3.63) is 34.2 Å². The van der Waals surface area contributed by atoms with Crippen LogP contribution in [0.5, 0.6) is 0 Å². The zero-order valence-corrected chi connectivity index (χ0v) is 6.96. The second-order valence-corrected chi connectivity index (χ2v) is 3.15. The predicted molar refractivity (Wildman–Crippen MR) is 50.2 cm³/mol. The second-order valence-electron chi connectivity index (χ2n) is 3.15. The van der Waals surface area contributed by atoms with E-state index in [2.05, 4.69) is 12.1 Å². The molecule has 0 aromatic heterocycles. The van der Waals surface area contributed by atoms with Crippen LogP contribution in [0.1, 0.15) is 18.4 Å². The number of aliphatic hydroxyl groups is 1. The largest absolute Gasteiger partial charge is 0.515 e. The molecule has 1 nitrogen and oxygen atoms in total. The van der Waals surface area contributed by atoms with Gasteiger partial charge in [0.2, 0.25) is 0 Å². The first-order valence-electron chi connectivity index (χ1n) is 4.34. The van der Waals surface area contributed by atoms with Crippen molar-refractivity contribution in [1.29, 1.82) is 0 Å². The van der Waals surface area contributed by atoms with Crippen molar-refractivity contribution in [2.45, 2.75) is 19.3 Å². The van der Waals surface area contributed by atoms with Gasteiger partial charge in [0.1, 0.15) is 0 Å². The van der Waals surface area contributed by atoms with Gasteiger partial charge in [0, 0.05) is 5.22 Å². The molecular formula is C11H12O. The molecule has 0 bridgehead atoms. The lowest BCUT2D eigenvalue weighted by molar-refractivity contribution is 0.539. The summed E-state index contributed by atoms with van der Waals surface area (Å²) in [7, 11) is 0. The summed E-state index contributed by atoms with van der Waals surface area (Å²) in [6, 6.07) is 6.08. The minimum absolute atomic E-state index is 0.951. The number of hydrogen-bond acceptors (Lipinski definition) is 1. The number of aliphatic hydroxyl groups excluding tert-OH is 1. The van der Waals surface area contributed by atoms with Gasteiger partial charge in [0.15, 0.2) is 0 Å². The quantitative estimate of drug-likeness (QED) is 0.602. The van der Waals surface area contributed by atoms with Crippen molar-refractivity contribution in [3.63, 3.8) is 0 Å². The van der Waals surface area contributed by atoms with Crippen LogP contribution in [0, 0.1) is 0 Å². The molecule has 62 valence electrons. The van der Waals surface area contributed by atoms with E-state index >= 15 is 0 Å². The van der Waals surface area contributed by atoms with Crippen molar-refractivity contribution in [2.75, 3.05) is 0 Å². The van der Waals surface area contributed by atoms with Gasteiger partial charge < -0.3 is 5.11 Å². The predicted octanol–water partition coefficient (Wildman–Crippen LogP) is 1.10. The van der Waals surface area contributed by atoms with Gasteiger partial charge in [-0.25, -0.2) is 0 Å². The van der Waals surface area contributed by atoms with E-state index in [9.17, 15) is 0 Å². The van der Waals surface area contributed by atoms with Gasteiger partial charge in [0.25, 0.3) is 0 Å². The van der Waals surface area contributed by atoms with Crippen molar-refractivity contribution in [3.8, 4) is 0 Å². The van der Waals surface area contributed by atoms with Crippen LogP contribution >= 0.6 is 0 Å². The zero-order chi connectivity index (χ0) is 8.39. The van der Waals surface area contributed by atoms with E-state index in [1.54, 1.807) is 0 Å². The number of rotatable bonds is 0. The third-order valence-electron chi connectivity index (χ3n) is 2.37. The number of aryl methyl sites for hydroxylation is 1. The molecule has 12 heavy (non-hydrogen) atoms. The maximum absolute atomic E-state index is 8.95. The summed E-state index contributed by atoms with van der Waals surface area (Å²) < 4.78 is 0. The van der Waals surface area contributed by atoms with E-state index in [1.165, 1.54) is 23.5 Å². The van der Waals surface area contributed by atoms with Gasteiger partial charge in [-0.2, -0.15) is 0 Å². The zero-order valence-electron chi connectivity index (χ0n) is 6.96. The normalized spacial score (nSPS) is 16.8. The topological polar surface area (TPSA) is 20.2 Å². The third kappa shape index (κ3) is 1.11. The fraction of sp³-hybridized carbons (Fsp3) is 0.273. The number of hydrogen-bond donors (Lipinski definition) is 1. The lowest BCUT2D eigenvalue weighted by atomic mass is 9.98. The molecule has 0 aliphatic heterocycles. The summed E-state index contributed by atoms with van der Waals surface area (Å²) >= 11 is 0. The van der Waals surface area contributed by atoms with Gasteiger partial charge >= 0.3 is 0 Å². The highest BCUT2D eigenvalue weighted by molar-refractivity contribution is 5.36. The Labute approximate surface area is 71.7 Å². The summed E-state index contributed by atoms with van der Waals surface area (Å²) in [5, 5.41) is 11.1. The van der Waals surface area contributed by atoms with E-state index in [0.717, 1.165) is 18.1 Å². The van der Waals surface area contributed by atoms with Gasteiger partial charge in [-0.1, -0.05) is 24.3 Å². The summed E-state index contributed by atoms with van der Waals surface area (Å²) in [5.74, 6) is 0. The molecule has 2 rings (SSSR count). The van der Waals surface area contributed by atoms with Crippen molar-refractivity contribution >= 4 is 12.3 Å². The van der Waals surface area contributed by atoms with Crippen molar-refractivity contribution in [2.24, 2.45) is 0 Å². The minimum atomic E-state index is 0.951. The first-order chi connectivity index (χ1) is 5.92. The summed E-state index contributed by atoms with van der Waals surface area (Å²) in [6.07, 6.45) is 6.93. The molecule has 1 aliphatic rings. The summed E-state index contributed by atoms with van der Waals surface area (Å²) in [4.78, 5) is 0. The molecule has 1 aliphatic carbocycles. The smallest absolute Gasteiger partial charge is 0.0870 e. The van der Waals surface area contributed by atoms with Gasteiger partial charge in [-0.15, -0.1) is 0 Å². The van der Waals surface area contributed by atoms with Crippen molar-refractivity contribution in [1.82, 2.24) is 0 Å². The Balaban J connectivity index is 2.79. The standard InChI is InChI=1S/C11H12O/c12-8-10-6-3-5-9-4-1-2-7-11(9)10/h3,5-8,12H,1-2,4H2/b10-8+. The highest BCUT2D eigenvalue weighted by Crippen LogP contribution is 2.04. The van der Waals surface area contributed by atoms with Gasteiger partial charge in [0.05, 0.1) is 6.26 Å². The Hall–Kier alpha value is -1.24. The van der Waals surface area contributed by atoms with E-state index in [1.807, 2.05) is 12.1 Å². The Morgan fingerprint density at radius 3 is 3.08 bits per heavy atom. The maximum atomic E-state index is 8.95. The fourth-order valence-corrected chi connectivity index (χ4v) is 1.75. The van der Waals surface area contributed by atoms with Crippen LogP contribution in [0.25, 0.3) is 12.3 Å². The Bertz CT molecular complexity index is 390. The number of fused-ring (bicyclic) bond motifs is 1. The van der Waals surface area contributed by atoms with Crippen LogP contribution in [0.15, 0.2) is 18.2 Å². The average molecular weight is 160 g/mol. The molecule has 1 aromatic rings. The van der Waals surface area contributed by atoms with E-state index in [-0.39, 0.29) is 0 Å². The Morgan fingerprint density at radius 2 is 2.25 bits per heavy atom. The molecule has 1 N–H and O–H groups in total. The Kier molecular flexibility index (Phi) is 1.86. The minimum Gasteiger partial charge on any atom is -0.515 e. The first-order valence-corrected chi connectivity index (χ1v) is 4.34. The molecule has 0 radical (unpaired) electrons. The van der Waals surface area contributed by atoms with Crippen LogP contribution in [0.4, 0.5) is 0 Å². The second kappa shape index (κ2) is 3.02. The van der Waals surface area contributed by atoms with Gasteiger partial charge in [-0.3, -0.25) is 0 Å². The first kappa shape index (κ1) is 7.41. The van der Waals surface area contributed by atoms with Crippen LogP contribution in [0.2, 0.25) is 0 Å². The van der Waals surface area contributed by atoms with Crippen LogP contribution in [-0.2, 0) is 6.42 Å².